The molecular formula is C10H18N4O3. The van der Waals surface area contributed by atoms with Crippen LogP contribution in [0.25, 0.3) is 0 Å². The van der Waals surface area contributed by atoms with Gasteiger partial charge in [0.1, 0.15) is 11.0 Å². The topological polar surface area (TPSA) is 131 Å². The molecule has 1 aliphatic carbocycles. The Morgan fingerprint density at radius 2 is 1.88 bits per heavy atom. The minimum absolute atomic E-state index is 0.124. The van der Waals surface area contributed by atoms with Crippen molar-refractivity contribution in [3.05, 3.63) is 0 Å². The second-order valence-corrected chi connectivity index (χ2v) is 4.86. The van der Waals surface area contributed by atoms with Crippen LogP contribution in [0.15, 0.2) is 5.16 Å². The second kappa shape index (κ2) is 4.23. The Kier molecular flexibility index (Phi) is 3.30. The highest BCUT2D eigenvalue weighted by Gasteiger charge is 2.50. The van der Waals surface area contributed by atoms with Gasteiger partial charge in [-0.1, -0.05) is 11.6 Å². The predicted molar refractivity (Wildman–Crippen MR) is 61.1 cm³/mol. The SMILES string of the molecule is CC(C)(NC(=O)C1(C(N)=NO)CCC1)C(N)=O. The molecule has 0 unspecified atom stereocenters. The molecule has 0 bridgehead atoms. The zero-order chi connectivity index (χ0) is 13.3. The Bertz CT molecular complexity index is 372. The van der Waals surface area contributed by atoms with Gasteiger partial charge in [0.2, 0.25) is 11.8 Å². The maximum Gasteiger partial charge on any atom is 0.242 e. The van der Waals surface area contributed by atoms with Crippen LogP contribution in [0.1, 0.15) is 33.1 Å². The van der Waals surface area contributed by atoms with Gasteiger partial charge in [0.15, 0.2) is 5.84 Å². The number of nitrogens with one attached hydrogen (secondary N) is 1. The standard InChI is InChI=1S/C10H18N4O3/c1-9(2,7(12)15)13-8(16)10(4-3-5-10)6(11)14-17/h17H,3-5H2,1-2H3,(H2,11,14)(H2,12,15)(H,13,16). The fraction of sp³-hybridized carbons (Fsp3) is 0.700. The molecule has 0 aromatic rings. The zero-order valence-corrected chi connectivity index (χ0v) is 9.99. The summed E-state index contributed by atoms with van der Waals surface area (Å²) in [5, 5.41) is 14.1. The van der Waals surface area contributed by atoms with Crippen LogP contribution in [-0.4, -0.2) is 28.4 Å². The highest BCUT2D eigenvalue weighted by Crippen LogP contribution is 2.41. The Morgan fingerprint density at radius 3 is 2.18 bits per heavy atom. The van der Waals surface area contributed by atoms with Gasteiger partial charge in [-0.3, -0.25) is 9.59 Å². The molecule has 1 saturated carbocycles. The molecule has 96 valence electrons. The number of hydrogen-bond donors (Lipinski definition) is 4. The molecule has 1 aliphatic rings. The van der Waals surface area contributed by atoms with Crippen molar-refractivity contribution in [1.82, 2.24) is 5.32 Å². The van der Waals surface area contributed by atoms with E-state index in [0.717, 1.165) is 6.42 Å². The molecule has 0 radical (unpaired) electrons. The van der Waals surface area contributed by atoms with E-state index >= 15 is 0 Å². The summed E-state index contributed by atoms with van der Waals surface area (Å²) in [6, 6.07) is 0. The Hall–Kier alpha value is -1.79. The first kappa shape index (κ1) is 13.3. The van der Waals surface area contributed by atoms with Crippen molar-refractivity contribution in [1.29, 1.82) is 0 Å². The largest absolute Gasteiger partial charge is 0.409 e. The van der Waals surface area contributed by atoms with Crippen LogP contribution >= 0.6 is 0 Å². The number of nitrogens with two attached hydrogens (primary N) is 2. The summed E-state index contributed by atoms with van der Waals surface area (Å²) >= 11 is 0. The first-order valence-corrected chi connectivity index (χ1v) is 5.37. The highest BCUT2D eigenvalue weighted by atomic mass is 16.4. The average molecular weight is 242 g/mol. The molecule has 0 aromatic heterocycles. The molecule has 1 fully saturated rings. The number of oxime groups is 1. The van der Waals surface area contributed by atoms with Crippen LogP contribution in [-0.2, 0) is 9.59 Å². The van der Waals surface area contributed by atoms with E-state index in [9.17, 15) is 9.59 Å². The number of nitrogens with zero attached hydrogens (tertiary/aromatic N) is 1. The van der Waals surface area contributed by atoms with Crippen molar-refractivity contribution in [2.24, 2.45) is 22.0 Å². The number of carbonyl (C=O) groups excluding carboxylic acids is 2. The minimum Gasteiger partial charge on any atom is -0.409 e. The fourth-order valence-electron chi connectivity index (χ4n) is 1.69. The summed E-state index contributed by atoms with van der Waals surface area (Å²) in [6.07, 6.45) is 1.83. The summed E-state index contributed by atoms with van der Waals surface area (Å²) in [5.41, 5.74) is 8.54. The van der Waals surface area contributed by atoms with Crippen molar-refractivity contribution in [2.45, 2.75) is 38.6 Å². The Morgan fingerprint density at radius 1 is 1.35 bits per heavy atom. The summed E-state index contributed by atoms with van der Waals surface area (Å²) in [6.45, 7) is 3.01. The van der Waals surface area contributed by atoms with Gasteiger partial charge in [-0.2, -0.15) is 0 Å². The Balaban J connectivity index is 2.86. The van der Waals surface area contributed by atoms with Gasteiger partial charge in [-0.25, -0.2) is 0 Å². The average Bonchev–Trinajstić information content (AvgIpc) is 2.14. The predicted octanol–water partition coefficient (Wildman–Crippen LogP) is -0.717. The van der Waals surface area contributed by atoms with Crippen LogP contribution < -0.4 is 16.8 Å². The molecule has 1 rings (SSSR count). The molecule has 0 saturated heterocycles. The molecule has 2 amide bonds. The number of rotatable bonds is 4. The van der Waals surface area contributed by atoms with E-state index in [2.05, 4.69) is 10.5 Å². The lowest BCUT2D eigenvalue weighted by Crippen LogP contribution is -2.61. The highest BCUT2D eigenvalue weighted by molar-refractivity contribution is 6.08. The number of amidine groups is 1. The minimum atomic E-state index is -1.16. The molecule has 0 atom stereocenters. The number of hydrogen-bond acceptors (Lipinski definition) is 4. The maximum absolute atomic E-state index is 12.1. The van der Waals surface area contributed by atoms with Gasteiger partial charge < -0.3 is 22.0 Å². The fourth-order valence-corrected chi connectivity index (χ4v) is 1.69. The monoisotopic (exact) mass is 242 g/mol. The smallest absolute Gasteiger partial charge is 0.242 e. The number of carbonyl (C=O) groups is 2. The van der Waals surface area contributed by atoms with E-state index in [0.29, 0.717) is 12.8 Å². The van der Waals surface area contributed by atoms with Crippen molar-refractivity contribution in [3.63, 3.8) is 0 Å². The van der Waals surface area contributed by atoms with E-state index in [4.69, 9.17) is 16.7 Å². The van der Waals surface area contributed by atoms with Crippen molar-refractivity contribution >= 4 is 17.6 Å². The van der Waals surface area contributed by atoms with Gasteiger partial charge >= 0.3 is 0 Å². The summed E-state index contributed by atoms with van der Waals surface area (Å²) in [4.78, 5) is 23.2. The third-order valence-corrected chi connectivity index (χ3v) is 3.28. The summed E-state index contributed by atoms with van der Waals surface area (Å²) in [7, 11) is 0. The first-order valence-electron chi connectivity index (χ1n) is 5.37. The number of amides is 2. The van der Waals surface area contributed by atoms with Crippen molar-refractivity contribution in [3.8, 4) is 0 Å². The van der Waals surface area contributed by atoms with Crippen LogP contribution in [0, 0.1) is 5.41 Å². The third-order valence-electron chi connectivity index (χ3n) is 3.28. The van der Waals surface area contributed by atoms with Crippen LogP contribution in [0.2, 0.25) is 0 Å². The molecule has 0 aromatic carbocycles. The quantitative estimate of drug-likeness (QED) is 0.224. The Labute approximate surface area is 99.2 Å². The summed E-state index contributed by atoms with van der Waals surface area (Å²) < 4.78 is 0. The molecular weight excluding hydrogens is 224 g/mol. The number of primary amides is 1. The van der Waals surface area contributed by atoms with Gasteiger partial charge in [-0.05, 0) is 26.7 Å². The van der Waals surface area contributed by atoms with Gasteiger partial charge in [0.05, 0.1) is 0 Å². The van der Waals surface area contributed by atoms with Gasteiger partial charge in [-0.15, -0.1) is 0 Å². The lowest BCUT2D eigenvalue weighted by atomic mass is 9.67. The molecule has 6 N–H and O–H groups in total. The lowest BCUT2D eigenvalue weighted by molar-refractivity contribution is -0.137. The van der Waals surface area contributed by atoms with Crippen LogP contribution in [0.4, 0.5) is 0 Å². The van der Waals surface area contributed by atoms with E-state index in [-0.39, 0.29) is 5.84 Å². The molecule has 0 heterocycles. The lowest BCUT2D eigenvalue weighted by Gasteiger charge is -2.40. The normalized spacial score (nSPS) is 19.3. The van der Waals surface area contributed by atoms with E-state index in [1.165, 1.54) is 13.8 Å². The van der Waals surface area contributed by atoms with Gasteiger partial charge in [0, 0.05) is 0 Å². The van der Waals surface area contributed by atoms with Crippen LogP contribution in [0.3, 0.4) is 0 Å². The third kappa shape index (κ3) is 2.17. The van der Waals surface area contributed by atoms with E-state index in [1.54, 1.807) is 0 Å². The van der Waals surface area contributed by atoms with Gasteiger partial charge in [0.25, 0.3) is 0 Å². The molecule has 17 heavy (non-hydrogen) atoms. The first-order chi connectivity index (χ1) is 7.76. The maximum atomic E-state index is 12.1. The molecule has 7 nitrogen and oxygen atoms in total. The second-order valence-electron chi connectivity index (χ2n) is 4.86. The molecule has 0 aliphatic heterocycles. The molecule has 7 heteroatoms. The zero-order valence-electron chi connectivity index (χ0n) is 9.99. The van der Waals surface area contributed by atoms with E-state index < -0.39 is 22.8 Å². The molecule has 0 spiro atoms. The van der Waals surface area contributed by atoms with Crippen LogP contribution in [0.5, 0.6) is 0 Å². The van der Waals surface area contributed by atoms with Crippen molar-refractivity contribution < 1.29 is 14.8 Å². The van der Waals surface area contributed by atoms with E-state index in [1.807, 2.05) is 0 Å². The summed E-state index contributed by atoms with van der Waals surface area (Å²) in [5.74, 6) is -1.19. The van der Waals surface area contributed by atoms with Crippen molar-refractivity contribution in [2.75, 3.05) is 0 Å².